The summed E-state index contributed by atoms with van der Waals surface area (Å²) < 4.78 is 0. The van der Waals surface area contributed by atoms with Crippen LogP contribution in [0.1, 0.15) is 38.1 Å². The van der Waals surface area contributed by atoms with Crippen molar-refractivity contribution in [1.29, 1.82) is 0 Å². The van der Waals surface area contributed by atoms with Gasteiger partial charge in [0.1, 0.15) is 6.04 Å². The molecule has 1 fully saturated rings. The number of carbonyl (C=O) groups excluding carboxylic acids is 2. The van der Waals surface area contributed by atoms with Crippen LogP contribution in [-0.2, 0) is 4.79 Å². The van der Waals surface area contributed by atoms with Crippen molar-refractivity contribution in [1.82, 2.24) is 4.90 Å². The van der Waals surface area contributed by atoms with Crippen LogP contribution in [0.5, 0.6) is 0 Å². The number of nitrogens with zero attached hydrogens (tertiary/aromatic N) is 1. The molecule has 1 aromatic rings. The van der Waals surface area contributed by atoms with Crippen LogP contribution in [0, 0.1) is 0 Å². The SMILES string of the molecule is CC.CC1SC(C)N2C(=O)c3ccccc3SC(=O)C12. The van der Waals surface area contributed by atoms with Crippen LogP contribution in [0.4, 0.5) is 0 Å². The van der Waals surface area contributed by atoms with Crippen LogP contribution in [0.15, 0.2) is 29.2 Å². The molecule has 1 saturated heterocycles. The average Bonchev–Trinajstić information content (AvgIpc) is 2.69. The second kappa shape index (κ2) is 6.22. The third-order valence-electron chi connectivity index (χ3n) is 3.35. The van der Waals surface area contributed by atoms with Crippen molar-refractivity contribution in [3.8, 4) is 0 Å². The standard InChI is InChI=1S/C13H13NO2S2.C2H6/c1-7-11-13(16)18-10-6-4-3-5-9(10)12(15)14(11)8(2)17-7;1-2/h3-8,11H,1-2H3;1-2H3. The highest BCUT2D eigenvalue weighted by molar-refractivity contribution is 8.14. The number of amides is 1. The minimum atomic E-state index is -0.296. The largest absolute Gasteiger partial charge is 0.315 e. The van der Waals surface area contributed by atoms with Gasteiger partial charge in [-0.15, -0.1) is 11.8 Å². The van der Waals surface area contributed by atoms with E-state index in [1.165, 1.54) is 11.8 Å². The Balaban J connectivity index is 0.000000704. The van der Waals surface area contributed by atoms with E-state index in [1.54, 1.807) is 22.7 Å². The predicted molar refractivity (Wildman–Crippen MR) is 85.1 cm³/mol. The molecule has 0 radical (unpaired) electrons. The first-order valence-electron chi connectivity index (χ1n) is 6.88. The Morgan fingerprint density at radius 3 is 2.45 bits per heavy atom. The molecule has 0 aliphatic carbocycles. The number of fused-ring (bicyclic) bond motifs is 2. The fourth-order valence-electron chi connectivity index (χ4n) is 2.54. The molecule has 0 aromatic heterocycles. The second-order valence-electron chi connectivity index (χ2n) is 4.52. The summed E-state index contributed by atoms with van der Waals surface area (Å²) in [6.07, 6.45) is 0. The van der Waals surface area contributed by atoms with E-state index in [1.807, 2.05) is 45.9 Å². The quantitative estimate of drug-likeness (QED) is 0.733. The van der Waals surface area contributed by atoms with E-state index >= 15 is 0 Å². The molecule has 5 heteroatoms. The average molecular weight is 309 g/mol. The molecule has 1 amide bonds. The molecule has 2 heterocycles. The molecule has 0 saturated carbocycles. The van der Waals surface area contributed by atoms with Crippen LogP contribution in [0.2, 0.25) is 0 Å². The van der Waals surface area contributed by atoms with Crippen molar-refractivity contribution in [2.75, 3.05) is 0 Å². The lowest BCUT2D eigenvalue weighted by atomic mass is 10.1. The summed E-state index contributed by atoms with van der Waals surface area (Å²) in [5.41, 5.74) is 0.653. The summed E-state index contributed by atoms with van der Waals surface area (Å²) >= 11 is 2.89. The van der Waals surface area contributed by atoms with Crippen LogP contribution in [-0.4, -0.2) is 32.6 Å². The summed E-state index contributed by atoms with van der Waals surface area (Å²) in [5, 5.41) is 0.309. The lowest BCUT2D eigenvalue weighted by Gasteiger charge is -2.25. The Hall–Kier alpha value is -0.940. The third kappa shape index (κ3) is 2.49. The van der Waals surface area contributed by atoms with Crippen LogP contribution in [0.3, 0.4) is 0 Å². The Morgan fingerprint density at radius 2 is 1.75 bits per heavy atom. The van der Waals surface area contributed by atoms with E-state index < -0.39 is 0 Å². The molecule has 3 rings (SSSR count). The molecule has 0 spiro atoms. The summed E-state index contributed by atoms with van der Waals surface area (Å²) in [6.45, 7) is 8.01. The van der Waals surface area contributed by atoms with E-state index in [4.69, 9.17) is 0 Å². The Labute approximate surface area is 128 Å². The molecule has 3 nitrogen and oxygen atoms in total. The van der Waals surface area contributed by atoms with Crippen LogP contribution < -0.4 is 0 Å². The van der Waals surface area contributed by atoms with Gasteiger partial charge in [0.05, 0.1) is 10.9 Å². The molecular formula is C15H19NO2S2. The van der Waals surface area contributed by atoms with Crippen molar-refractivity contribution >= 4 is 34.5 Å². The van der Waals surface area contributed by atoms with Gasteiger partial charge in [0.25, 0.3) is 5.91 Å². The number of hydrogen-bond donors (Lipinski definition) is 0. The maximum atomic E-state index is 12.6. The fourth-order valence-corrected chi connectivity index (χ4v) is 5.08. The molecule has 1 aromatic carbocycles. The number of hydrogen-bond acceptors (Lipinski definition) is 4. The zero-order valence-corrected chi connectivity index (χ0v) is 13.8. The van der Waals surface area contributed by atoms with E-state index in [9.17, 15) is 9.59 Å². The molecule has 108 valence electrons. The zero-order chi connectivity index (χ0) is 14.9. The maximum absolute atomic E-state index is 12.6. The first kappa shape index (κ1) is 15.4. The topological polar surface area (TPSA) is 37.4 Å². The monoisotopic (exact) mass is 309 g/mol. The normalized spacial score (nSPS) is 28.2. The second-order valence-corrected chi connectivity index (χ2v) is 7.26. The summed E-state index contributed by atoms with van der Waals surface area (Å²) in [6, 6.07) is 7.07. The van der Waals surface area contributed by atoms with Crippen molar-refractivity contribution in [3.63, 3.8) is 0 Å². The van der Waals surface area contributed by atoms with Gasteiger partial charge in [-0.25, -0.2) is 0 Å². The van der Waals surface area contributed by atoms with Gasteiger partial charge in [-0.3, -0.25) is 9.59 Å². The smallest absolute Gasteiger partial charge is 0.256 e. The van der Waals surface area contributed by atoms with Crippen molar-refractivity contribution < 1.29 is 9.59 Å². The van der Waals surface area contributed by atoms with Crippen LogP contribution in [0.25, 0.3) is 0 Å². The number of rotatable bonds is 0. The minimum absolute atomic E-state index is 0.0155. The zero-order valence-electron chi connectivity index (χ0n) is 12.1. The Kier molecular flexibility index (Phi) is 4.81. The first-order chi connectivity index (χ1) is 9.59. The number of benzene rings is 1. The molecule has 2 aliphatic heterocycles. The lowest BCUT2D eigenvalue weighted by Crippen LogP contribution is -2.44. The molecule has 3 atom stereocenters. The van der Waals surface area contributed by atoms with E-state index in [2.05, 4.69) is 0 Å². The van der Waals surface area contributed by atoms with Crippen molar-refractivity contribution in [3.05, 3.63) is 29.8 Å². The minimum Gasteiger partial charge on any atom is -0.315 e. The van der Waals surface area contributed by atoms with E-state index in [-0.39, 0.29) is 27.7 Å². The third-order valence-corrected chi connectivity index (χ3v) is 5.68. The van der Waals surface area contributed by atoms with Gasteiger partial charge in [0.2, 0.25) is 5.12 Å². The Morgan fingerprint density at radius 1 is 1.10 bits per heavy atom. The molecular weight excluding hydrogens is 290 g/mol. The fraction of sp³-hybridized carbons (Fsp3) is 0.467. The predicted octanol–water partition coefficient (Wildman–Crippen LogP) is 3.64. The van der Waals surface area contributed by atoms with Gasteiger partial charge < -0.3 is 4.90 Å². The summed E-state index contributed by atoms with van der Waals surface area (Å²) in [7, 11) is 0. The highest BCUT2D eigenvalue weighted by Gasteiger charge is 2.47. The Bertz CT molecular complexity index is 532. The molecule has 2 aliphatic rings. The highest BCUT2D eigenvalue weighted by Crippen LogP contribution is 2.42. The molecule has 3 unspecified atom stereocenters. The van der Waals surface area contributed by atoms with Crippen molar-refractivity contribution in [2.45, 2.75) is 49.3 Å². The number of carbonyl (C=O) groups is 2. The van der Waals surface area contributed by atoms with Gasteiger partial charge in [-0.1, -0.05) is 32.9 Å². The molecule has 20 heavy (non-hydrogen) atoms. The van der Waals surface area contributed by atoms with Gasteiger partial charge >= 0.3 is 0 Å². The number of thioether (sulfide) groups is 2. The van der Waals surface area contributed by atoms with Gasteiger partial charge in [-0.05, 0) is 30.8 Å². The highest BCUT2D eigenvalue weighted by atomic mass is 32.2. The van der Waals surface area contributed by atoms with Gasteiger partial charge in [0, 0.05) is 10.1 Å². The van der Waals surface area contributed by atoms with E-state index in [0.717, 1.165) is 4.90 Å². The van der Waals surface area contributed by atoms with Crippen LogP contribution >= 0.6 is 23.5 Å². The maximum Gasteiger partial charge on any atom is 0.256 e. The first-order valence-corrected chi connectivity index (χ1v) is 8.64. The molecule has 0 N–H and O–H groups in total. The van der Waals surface area contributed by atoms with Gasteiger partial charge in [0.15, 0.2) is 0 Å². The van der Waals surface area contributed by atoms with E-state index in [0.29, 0.717) is 5.56 Å². The lowest BCUT2D eigenvalue weighted by molar-refractivity contribution is -0.114. The van der Waals surface area contributed by atoms with Gasteiger partial charge in [-0.2, -0.15) is 0 Å². The summed E-state index contributed by atoms with van der Waals surface area (Å²) in [4.78, 5) is 27.4. The van der Waals surface area contributed by atoms with Crippen molar-refractivity contribution in [2.24, 2.45) is 0 Å². The molecule has 0 bridgehead atoms. The summed E-state index contributed by atoms with van der Waals surface area (Å²) in [5.74, 6) is -0.0155.